The number of nitriles is 1. The lowest BCUT2D eigenvalue weighted by Gasteiger charge is -2.22. The Bertz CT molecular complexity index is 1070. The molecular formula is C25H22N2O2S. The molecule has 5 heteroatoms. The van der Waals surface area contributed by atoms with Crippen LogP contribution in [0.4, 0.5) is 5.69 Å². The van der Waals surface area contributed by atoms with E-state index in [-0.39, 0.29) is 12.5 Å². The van der Waals surface area contributed by atoms with Crippen molar-refractivity contribution in [1.29, 1.82) is 5.26 Å². The Balaban J connectivity index is 1.42. The Morgan fingerprint density at radius 2 is 1.73 bits per heavy atom. The van der Waals surface area contributed by atoms with Crippen LogP contribution in [-0.2, 0) is 4.79 Å². The van der Waals surface area contributed by atoms with Crippen LogP contribution in [-0.4, -0.2) is 24.3 Å². The molecular weight excluding hydrogens is 392 g/mol. The number of benzene rings is 3. The van der Waals surface area contributed by atoms with Crippen molar-refractivity contribution in [3.8, 4) is 22.9 Å². The fraction of sp³-hybridized carbons (Fsp3) is 0.200. The van der Waals surface area contributed by atoms with Gasteiger partial charge in [-0.2, -0.15) is 5.26 Å². The highest BCUT2D eigenvalue weighted by atomic mass is 32.2. The van der Waals surface area contributed by atoms with Gasteiger partial charge in [0.2, 0.25) is 0 Å². The molecule has 0 spiro atoms. The number of carbonyl (C=O) groups is 1. The minimum atomic E-state index is -0.0340. The van der Waals surface area contributed by atoms with E-state index in [0.29, 0.717) is 23.1 Å². The molecule has 1 aliphatic heterocycles. The maximum absolute atomic E-state index is 12.9. The minimum Gasteiger partial charge on any atom is -0.484 e. The highest BCUT2D eigenvalue weighted by Crippen LogP contribution is 2.37. The van der Waals surface area contributed by atoms with Gasteiger partial charge >= 0.3 is 0 Å². The van der Waals surface area contributed by atoms with E-state index in [2.05, 4.69) is 19.1 Å². The largest absolute Gasteiger partial charge is 0.484 e. The van der Waals surface area contributed by atoms with Crippen LogP contribution in [0.25, 0.3) is 11.1 Å². The fourth-order valence-corrected chi connectivity index (χ4v) is 4.56. The summed E-state index contributed by atoms with van der Waals surface area (Å²) in [5.74, 6) is 0.625. The molecule has 0 aliphatic carbocycles. The van der Waals surface area contributed by atoms with Crippen LogP contribution < -0.4 is 9.64 Å². The van der Waals surface area contributed by atoms with E-state index in [9.17, 15) is 4.79 Å². The zero-order valence-electron chi connectivity index (χ0n) is 16.7. The van der Waals surface area contributed by atoms with E-state index in [1.807, 2.05) is 71.3 Å². The summed E-state index contributed by atoms with van der Waals surface area (Å²) in [5, 5.41) is 9.39. The summed E-state index contributed by atoms with van der Waals surface area (Å²) in [4.78, 5) is 15.9. The minimum absolute atomic E-state index is 0.00357. The Morgan fingerprint density at radius 1 is 1.07 bits per heavy atom. The first kappa shape index (κ1) is 20.1. The Hall–Kier alpha value is -3.23. The highest BCUT2D eigenvalue weighted by Gasteiger charge is 2.24. The standard InChI is InChI=1S/C25H22N2O2S/c1-18-14-15-27(23-4-2-3-5-24(23)30-18)25(28)17-29-22-12-10-21(11-13-22)20-8-6-19(16-26)7-9-20/h2-13,18H,14-15,17H2,1H3/t18-/m0/s1. The van der Waals surface area contributed by atoms with Crippen LogP contribution in [0.5, 0.6) is 5.75 Å². The summed E-state index contributed by atoms with van der Waals surface area (Å²) < 4.78 is 5.79. The molecule has 0 saturated heterocycles. The molecule has 4 rings (SSSR count). The summed E-state index contributed by atoms with van der Waals surface area (Å²) in [6.45, 7) is 2.90. The van der Waals surface area contributed by atoms with E-state index in [1.165, 1.54) is 0 Å². The average Bonchev–Trinajstić information content (AvgIpc) is 2.96. The van der Waals surface area contributed by atoms with Crippen molar-refractivity contribution in [3.05, 3.63) is 78.4 Å². The second kappa shape index (κ2) is 9.06. The summed E-state index contributed by atoms with van der Waals surface area (Å²) in [5.41, 5.74) is 3.67. The molecule has 1 amide bonds. The van der Waals surface area contributed by atoms with E-state index in [4.69, 9.17) is 10.00 Å². The first-order chi connectivity index (χ1) is 14.6. The lowest BCUT2D eigenvalue weighted by Crippen LogP contribution is -2.36. The topological polar surface area (TPSA) is 53.3 Å². The molecule has 0 aromatic heterocycles. The Labute approximate surface area is 181 Å². The van der Waals surface area contributed by atoms with Gasteiger partial charge < -0.3 is 9.64 Å². The number of rotatable bonds is 4. The molecule has 0 bridgehead atoms. The van der Waals surface area contributed by atoms with Crippen molar-refractivity contribution >= 4 is 23.4 Å². The monoisotopic (exact) mass is 414 g/mol. The quantitative estimate of drug-likeness (QED) is 0.564. The van der Waals surface area contributed by atoms with Gasteiger partial charge in [0.05, 0.1) is 17.3 Å². The molecule has 0 N–H and O–H groups in total. The number of fused-ring (bicyclic) bond motifs is 1. The molecule has 3 aromatic rings. The Kier molecular flexibility index (Phi) is 6.06. The predicted molar refractivity (Wildman–Crippen MR) is 121 cm³/mol. The lowest BCUT2D eigenvalue weighted by atomic mass is 10.0. The number of thioether (sulfide) groups is 1. The van der Waals surface area contributed by atoms with E-state index < -0.39 is 0 Å². The van der Waals surface area contributed by atoms with Gasteiger partial charge in [-0.15, -0.1) is 11.8 Å². The van der Waals surface area contributed by atoms with Gasteiger partial charge in [-0.05, 0) is 53.9 Å². The van der Waals surface area contributed by atoms with E-state index in [1.54, 1.807) is 12.1 Å². The molecule has 1 heterocycles. The molecule has 150 valence electrons. The van der Waals surface area contributed by atoms with Crippen molar-refractivity contribution in [3.63, 3.8) is 0 Å². The van der Waals surface area contributed by atoms with Gasteiger partial charge in [0, 0.05) is 16.7 Å². The molecule has 0 fully saturated rings. The zero-order valence-corrected chi connectivity index (χ0v) is 17.6. The van der Waals surface area contributed by atoms with Crippen LogP contribution in [0.3, 0.4) is 0 Å². The summed E-state index contributed by atoms with van der Waals surface area (Å²) in [6.07, 6.45) is 0.949. The van der Waals surface area contributed by atoms with Gasteiger partial charge in [-0.3, -0.25) is 4.79 Å². The number of amides is 1. The van der Waals surface area contributed by atoms with Crippen LogP contribution in [0, 0.1) is 11.3 Å². The second-order valence-electron chi connectivity index (χ2n) is 7.23. The number of hydrogen-bond acceptors (Lipinski definition) is 4. The van der Waals surface area contributed by atoms with Crippen molar-refractivity contribution < 1.29 is 9.53 Å². The number of nitrogens with zero attached hydrogens (tertiary/aromatic N) is 2. The number of anilines is 1. The normalized spacial score (nSPS) is 15.6. The predicted octanol–water partition coefficient (Wildman–Crippen LogP) is 5.52. The number of para-hydroxylation sites is 1. The lowest BCUT2D eigenvalue weighted by molar-refractivity contribution is -0.120. The van der Waals surface area contributed by atoms with Crippen molar-refractivity contribution in [2.45, 2.75) is 23.5 Å². The van der Waals surface area contributed by atoms with Gasteiger partial charge in [0.15, 0.2) is 6.61 Å². The van der Waals surface area contributed by atoms with Crippen LogP contribution >= 0.6 is 11.8 Å². The first-order valence-corrected chi connectivity index (χ1v) is 10.8. The van der Waals surface area contributed by atoms with Crippen LogP contribution in [0.1, 0.15) is 18.9 Å². The van der Waals surface area contributed by atoms with E-state index in [0.717, 1.165) is 28.1 Å². The van der Waals surface area contributed by atoms with Gasteiger partial charge in [-0.25, -0.2) is 0 Å². The molecule has 30 heavy (non-hydrogen) atoms. The molecule has 0 radical (unpaired) electrons. The van der Waals surface area contributed by atoms with Crippen molar-refractivity contribution in [2.75, 3.05) is 18.1 Å². The SMILES string of the molecule is C[C@H]1CCN(C(=O)COc2ccc(-c3ccc(C#N)cc3)cc2)c2ccccc2S1. The maximum Gasteiger partial charge on any atom is 0.264 e. The number of hydrogen-bond donors (Lipinski definition) is 0. The van der Waals surface area contributed by atoms with Crippen molar-refractivity contribution in [1.82, 2.24) is 0 Å². The molecule has 4 nitrogen and oxygen atoms in total. The third kappa shape index (κ3) is 4.50. The summed E-state index contributed by atoms with van der Waals surface area (Å²) >= 11 is 1.82. The third-order valence-electron chi connectivity index (χ3n) is 5.11. The molecule has 0 saturated carbocycles. The maximum atomic E-state index is 12.9. The summed E-state index contributed by atoms with van der Waals surface area (Å²) in [6, 6.07) is 25.3. The Morgan fingerprint density at radius 3 is 2.43 bits per heavy atom. The van der Waals surface area contributed by atoms with E-state index >= 15 is 0 Å². The molecule has 1 aliphatic rings. The number of ether oxygens (including phenoxy) is 1. The second-order valence-corrected chi connectivity index (χ2v) is 8.71. The number of carbonyl (C=O) groups excluding carboxylic acids is 1. The highest BCUT2D eigenvalue weighted by molar-refractivity contribution is 8.00. The summed E-state index contributed by atoms with van der Waals surface area (Å²) in [7, 11) is 0. The average molecular weight is 415 g/mol. The van der Waals surface area contributed by atoms with Gasteiger partial charge in [-0.1, -0.05) is 43.3 Å². The van der Waals surface area contributed by atoms with Crippen LogP contribution in [0.15, 0.2) is 77.7 Å². The smallest absolute Gasteiger partial charge is 0.264 e. The molecule has 1 atom stereocenters. The van der Waals surface area contributed by atoms with Crippen molar-refractivity contribution in [2.24, 2.45) is 0 Å². The van der Waals surface area contributed by atoms with Gasteiger partial charge in [0.25, 0.3) is 5.91 Å². The third-order valence-corrected chi connectivity index (χ3v) is 6.35. The molecule has 0 unspecified atom stereocenters. The zero-order chi connectivity index (χ0) is 20.9. The van der Waals surface area contributed by atoms with Crippen LogP contribution in [0.2, 0.25) is 0 Å². The fourth-order valence-electron chi connectivity index (χ4n) is 3.45. The molecule has 3 aromatic carbocycles. The van der Waals surface area contributed by atoms with Gasteiger partial charge in [0.1, 0.15) is 5.75 Å². The first-order valence-electron chi connectivity index (χ1n) is 9.93.